The lowest BCUT2D eigenvalue weighted by molar-refractivity contribution is 0.119. The molecule has 1 atom stereocenters. The summed E-state index contributed by atoms with van der Waals surface area (Å²) in [7, 11) is 5.96. The highest BCUT2D eigenvalue weighted by Crippen LogP contribution is 2.20. The molecule has 0 saturated carbocycles. The molecule has 2 N–H and O–H groups in total. The molecule has 1 aromatic heterocycles. The average molecular weight is 268 g/mol. The molecule has 5 nitrogen and oxygen atoms in total. The van der Waals surface area contributed by atoms with Gasteiger partial charge >= 0.3 is 0 Å². The largest absolute Gasteiger partial charge is 0.392 e. The third kappa shape index (κ3) is 5.20. The van der Waals surface area contributed by atoms with Crippen LogP contribution in [0, 0.1) is 5.41 Å². The van der Waals surface area contributed by atoms with E-state index in [-0.39, 0.29) is 11.5 Å². The molecule has 110 valence electrons. The number of aliphatic hydroxyl groups is 1. The van der Waals surface area contributed by atoms with Crippen LogP contribution in [0.15, 0.2) is 6.20 Å². The van der Waals surface area contributed by atoms with Crippen LogP contribution in [-0.4, -0.2) is 41.4 Å². The first kappa shape index (κ1) is 16.0. The van der Waals surface area contributed by atoms with E-state index in [1.807, 2.05) is 32.2 Å². The summed E-state index contributed by atoms with van der Waals surface area (Å²) in [6.07, 6.45) is 2.37. The second-order valence-electron chi connectivity index (χ2n) is 6.55. The smallest absolute Gasteiger partial charge is 0.204 e. The third-order valence-electron chi connectivity index (χ3n) is 2.99. The van der Waals surface area contributed by atoms with E-state index in [0.717, 1.165) is 24.6 Å². The summed E-state index contributed by atoms with van der Waals surface area (Å²) in [4.78, 5) is 6.34. The molecule has 0 aliphatic carbocycles. The van der Waals surface area contributed by atoms with Crippen molar-refractivity contribution in [3.8, 4) is 0 Å². The SMILES string of the molecule is CN(C)c1ncc(CNCC(O)CC(C)(C)C)n1C. The van der Waals surface area contributed by atoms with Crippen molar-refractivity contribution in [3.63, 3.8) is 0 Å². The molecule has 1 unspecified atom stereocenters. The Morgan fingerprint density at radius 2 is 2.05 bits per heavy atom. The van der Waals surface area contributed by atoms with Gasteiger partial charge in [0.05, 0.1) is 18.0 Å². The van der Waals surface area contributed by atoms with Gasteiger partial charge in [-0.2, -0.15) is 0 Å². The third-order valence-corrected chi connectivity index (χ3v) is 2.99. The summed E-state index contributed by atoms with van der Waals surface area (Å²) >= 11 is 0. The van der Waals surface area contributed by atoms with Gasteiger partial charge in [0, 0.05) is 34.2 Å². The van der Waals surface area contributed by atoms with Crippen molar-refractivity contribution in [2.24, 2.45) is 12.5 Å². The van der Waals surface area contributed by atoms with Gasteiger partial charge in [-0.05, 0) is 11.8 Å². The van der Waals surface area contributed by atoms with Crippen molar-refractivity contribution in [2.45, 2.75) is 39.8 Å². The van der Waals surface area contributed by atoms with Gasteiger partial charge in [-0.15, -0.1) is 0 Å². The molecule has 0 aliphatic heterocycles. The molecule has 0 bridgehead atoms. The number of nitrogens with zero attached hydrogens (tertiary/aromatic N) is 3. The number of hydrogen-bond donors (Lipinski definition) is 2. The molecule has 1 heterocycles. The van der Waals surface area contributed by atoms with E-state index < -0.39 is 0 Å². The van der Waals surface area contributed by atoms with Crippen LogP contribution in [0.5, 0.6) is 0 Å². The molecule has 0 fully saturated rings. The number of aromatic nitrogens is 2. The normalized spacial score (nSPS) is 13.6. The summed E-state index contributed by atoms with van der Waals surface area (Å²) < 4.78 is 2.06. The fraction of sp³-hybridized carbons (Fsp3) is 0.786. The number of hydrogen-bond acceptors (Lipinski definition) is 4. The fourth-order valence-corrected chi connectivity index (χ4v) is 2.16. The first-order valence-corrected chi connectivity index (χ1v) is 6.77. The second kappa shape index (κ2) is 6.39. The van der Waals surface area contributed by atoms with E-state index in [2.05, 4.69) is 35.6 Å². The zero-order chi connectivity index (χ0) is 14.6. The standard InChI is InChI=1S/C14H28N4O/c1-14(2,3)7-12(19)10-15-8-11-9-16-13(17(4)5)18(11)6/h9,12,15,19H,7-8,10H2,1-6H3. The van der Waals surface area contributed by atoms with E-state index in [9.17, 15) is 5.11 Å². The summed E-state index contributed by atoms with van der Waals surface area (Å²) in [5.74, 6) is 0.937. The number of aliphatic hydroxyl groups excluding tert-OH is 1. The highest BCUT2D eigenvalue weighted by atomic mass is 16.3. The monoisotopic (exact) mass is 268 g/mol. The van der Waals surface area contributed by atoms with Crippen molar-refractivity contribution in [2.75, 3.05) is 25.5 Å². The lowest BCUT2D eigenvalue weighted by Gasteiger charge is -2.22. The minimum atomic E-state index is -0.304. The van der Waals surface area contributed by atoms with Crippen LogP contribution < -0.4 is 10.2 Å². The Kier molecular flexibility index (Phi) is 5.38. The zero-order valence-corrected chi connectivity index (χ0v) is 13.1. The predicted octanol–water partition coefficient (Wildman–Crippen LogP) is 1.37. The maximum absolute atomic E-state index is 9.93. The van der Waals surface area contributed by atoms with Gasteiger partial charge in [-0.1, -0.05) is 20.8 Å². The Labute approximate surface area is 116 Å². The van der Waals surface area contributed by atoms with Crippen molar-refractivity contribution in [1.29, 1.82) is 0 Å². The highest BCUT2D eigenvalue weighted by Gasteiger charge is 2.16. The van der Waals surface area contributed by atoms with Crippen molar-refractivity contribution in [1.82, 2.24) is 14.9 Å². The zero-order valence-electron chi connectivity index (χ0n) is 13.1. The predicted molar refractivity (Wildman–Crippen MR) is 79.3 cm³/mol. The summed E-state index contributed by atoms with van der Waals surface area (Å²) in [5, 5.41) is 13.2. The average Bonchev–Trinajstić information content (AvgIpc) is 2.57. The van der Waals surface area contributed by atoms with Gasteiger partial charge in [0.2, 0.25) is 5.95 Å². The lowest BCUT2D eigenvalue weighted by Crippen LogP contribution is -2.30. The topological polar surface area (TPSA) is 53.3 Å². The molecule has 0 spiro atoms. The van der Waals surface area contributed by atoms with Crippen LogP contribution in [0.2, 0.25) is 0 Å². The molecular weight excluding hydrogens is 240 g/mol. The number of anilines is 1. The lowest BCUT2D eigenvalue weighted by atomic mass is 9.89. The minimum Gasteiger partial charge on any atom is -0.392 e. The van der Waals surface area contributed by atoms with Gasteiger partial charge in [-0.3, -0.25) is 0 Å². The number of nitrogens with one attached hydrogen (secondary N) is 1. The minimum absolute atomic E-state index is 0.158. The van der Waals surface area contributed by atoms with Gasteiger partial charge in [-0.25, -0.2) is 4.98 Å². The molecule has 0 amide bonds. The molecule has 19 heavy (non-hydrogen) atoms. The van der Waals surface area contributed by atoms with Crippen LogP contribution in [0.4, 0.5) is 5.95 Å². The Balaban J connectivity index is 2.41. The van der Waals surface area contributed by atoms with E-state index in [1.165, 1.54) is 0 Å². The van der Waals surface area contributed by atoms with Crippen LogP contribution in [-0.2, 0) is 13.6 Å². The van der Waals surface area contributed by atoms with Gasteiger partial charge < -0.3 is 19.9 Å². The molecule has 0 radical (unpaired) electrons. The van der Waals surface area contributed by atoms with Crippen LogP contribution in [0.3, 0.4) is 0 Å². The Morgan fingerprint density at radius 3 is 2.53 bits per heavy atom. The van der Waals surface area contributed by atoms with Crippen LogP contribution in [0.25, 0.3) is 0 Å². The van der Waals surface area contributed by atoms with Crippen molar-refractivity contribution < 1.29 is 5.11 Å². The second-order valence-corrected chi connectivity index (χ2v) is 6.55. The summed E-state index contributed by atoms with van der Waals surface area (Å²) in [5.41, 5.74) is 1.28. The van der Waals surface area contributed by atoms with Crippen LogP contribution in [0.1, 0.15) is 32.9 Å². The quantitative estimate of drug-likeness (QED) is 0.818. The molecule has 0 aliphatic rings. The van der Waals surface area contributed by atoms with E-state index in [4.69, 9.17) is 0 Å². The van der Waals surface area contributed by atoms with Crippen molar-refractivity contribution >= 4 is 5.95 Å². The van der Waals surface area contributed by atoms with Crippen molar-refractivity contribution in [3.05, 3.63) is 11.9 Å². The molecule has 1 aromatic rings. The number of rotatable bonds is 6. The maximum atomic E-state index is 9.93. The van der Waals surface area contributed by atoms with E-state index in [1.54, 1.807) is 0 Å². The first-order valence-electron chi connectivity index (χ1n) is 6.77. The Hall–Kier alpha value is -1.07. The summed E-state index contributed by atoms with van der Waals surface area (Å²) in [6.45, 7) is 7.75. The highest BCUT2D eigenvalue weighted by molar-refractivity contribution is 5.30. The van der Waals surface area contributed by atoms with Gasteiger partial charge in [0.25, 0.3) is 0 Å². The number of imidazole rings is 1. The Morgan fingerprint density at radius 1 is 1.42 bits per heavy atom. The molecular formula is C14H28N4O. The Bertz CT molecular complexity index is 393. The summed E-state index contributed by atoms with van der Waals surface area (Å²) in [6, 6.07) is 0. The maximum Gasteiger partial charge on any atom is 0.204 e. The molecule has 5 heteroatoms. The van der Waals surface area contributed by atoms with Gasteiger partial charge in [0.1, 0.15) is 0 Å². The molecule has 0 saturated heterocycles. The van der Waals surface area contributed by atoms with E-state index >= 15 is 0 Å². The first-order chi connectivity index (χ1) is 8.70. The van der Waals surface area contributed by atoms with Gasteiger partial charge in [0.15, 0.2) is 0 Å². The fourth-order valence-electron chi connectivity index (χ4n) is 2.16. The van der Waals surface area contributed by atoms with E-state index in [0.29, 0.717) is 6.54 Å². The molecule has 0 aromatic carbocycles. The molecule has 1 rings (SSSR count). The van der Waals surface area contributed by atoms with Crippen LogP contribution >= 0.6 is 0 Å².